The van der Waals surface area contributed by atoms with E-state index in [0.717, 1.165) is 38.1 Å². The minimum atomic E-state index is -4.75. The molecule has 2 aliphatic heterocycles. The first-order valence-corrected chi connectivity index (χ1v) is 11.3. The topological polar surface area (TPSA) is 53.7 Å². The first kappa shape index (κ1) is 24.4. The molecule has 0 aliphatic carbocycles. The van der Waals surface area contributed by atoms with Crippen LogP contribution in [0.2, 0.25) is 0 Å². The van der Waals surface area contributed by atoms with Crippen LogP contribution in [0.1, 0.15) is 43.4 Å². The average molecular weight is 493 g/mol. The third-order valence-electron chi connectivity index (χ3n) is 6.44. The van der Waals surface area contributed by atoms with Crippen LogP contribution in [0.4, 0.5) is 28.9 Å². The molecule has 4 rings (SSSR count). The Balaban J connectivity index is 1.68. The zero-order chi connectivity index (χ0) is 24.8. The molecule has 0 bridgehead atoms. The molecular formula is C24H24F4N4OS. The van der Waals surface area contributed by atoms with Crippen molar-refractivity contribution in [2.24, 2.45) is 0 Å². The summed E-state index contributed by atoms with van der Waals surface area (Å²) in [5.41, 5.74) is -1.78. The van der Waals surface area contributed by atoms with Crippen molar-refractivity contribution in [2.45, 2.75) is 51.2 Å². The summed E-state index contributed by atoms with van der Waals surface area (Å²) in [4.78, 5) is 4.92. The highest BCUT2D eigenvalue weighted by molar-refractivity contribution is 7.80. The van der Waals surface area contributed by atoms with Gasteiger partial charge in [0.2, 0.25) is 0 Å². The van der Waals surface area contributed by atoms with E-state index in [0.29, 0.717) is 17.8 Å². The van der Waals surface area contributed by atoms with Crippen molar-refractivity contribution in [3.05, 3.63) is 58.9 Å². The van der Waals surface area contributed by atoms with Crippen molar-refractivity contribution in [3.63, 3.8) is 0 Å². The van der Waals surface area contributed by atoms with E-state index in [9.17, 15) is 22.7 Å². The van der Waals surface area contributed by atoms with Crippen LogP contribution in [-0.4, -0.2) is 40.0 Å². The summed E-state index contributed by atoms with van der Waals surface area (Å²) in [5, 5.41) is 20.2. The van der Waals surface area contributed by atoms with Crippen molar-refractivity contribution < 1.29 is 22.7 Å². The molecule has 34 heavy (non-hydrogen) atoms. The summed E-state index contributed by atoms with van der Waals surface area (Å²) < 4.78 is 55.5. The van der Waals surface area contributed by atoms with Gasteiger partial charge in [0.1, 0.15) is 5.82 Å². The molecule has 1 atom stereocenters. The van der Waals surface area contributed by atoms with E-state index in [2.05, 4.69) is 4.90 Å². The minimum Gasteiger partial charge on any atom is -0.371 e. The molecule has 2 aromatic rings. The summed E-state index contributed by atoms with van der Waals surface area (Å²) >= 11 is 5.56. The fourth-order valence-electron chi connectivity index (χ4n) is 4.58. The van der Waals surface area contributed by atoms with Gasteiger partial charge in [0.25, 0.3) is 0 Å². The maximum absolute atomic E-state index is 15.0. The molecule has 2 heterocycles. The van der Waals surface area contributed by atoms with Gasteiger partial charge < -0.3 is 10.0 Å². The van der Waals surface area contributed by atoms with Crippen LogP contribution in [0.5, 0.6) is 0 Å². The molecule has 1 N–H and O–H groups in total. The number of benzene rings is 2. The van der Waals surface area contributed by atoms with Gasteiger partial charge in [0, 0.05) is 23.5 Å². The minimum absolute atomic E-state index is 0.00877. The Morgan fingerprint density at radius 1 is 1.12 bits per heavy atom. The van der Waals surface area contributed by atoms with Crippen LogP contribution >= 0.6 is 12.2 Å². The molecule has 1 unspecified atom stereocenters. The Labute approximate surface area is 200 Å². The van der Waals surface area contributed by atoms with Crippen molar-refractivity contribution in [1.82, 2.24) is 4.90 Å². The van der Waals surface area contributed by atoms with Crippen molar-refractivity contribution in [2.75, 3.05) is 22.9 Å². The number of nitriles is 1. The highest BCUT2D eigenvalue weighted by Gasteiger charge is 2.50. The fourth-order valence-corrected chi connectivity index (χ4v) is 5.13. The number of nitrogens with zero attached hydrogens (tertiary/aromatic N) is 4. The maximum atomic E-state index is 15.0. The smallest absolute Gasteiger partial charge is 0.371 e. The van der Waals surface area contributed by atoms with E-state index < -0.39 is 34.9 Å². The van der Waals surface area contributed by atoms with Crippen molar-refractivity contribution in [3.8, 4) is 6.07 Å². The Morgan fingerprint density at radius 3 is 2.35 bits per heavy atom. The molecule has 10 heteroatoms. The summed E-state index contributed by atoms with van der Waals surface area (Å²) in [6.07, 6.45) is -3.89. The molecule has 2 aromatic carbocycles. The highest BCUT2D eigenvalue weighted by Crippen LogP contribution is 2.41. The second-order valence-electron chi connectivity index (χ2n) is 9.11. The molecule has 0 saturated carbocycles. The molecule has 2 aliphatic rings. The number of thiocarbonyl (C=S) groups is 1. The van der Waals surface area contributed by atoms with Crippen molar-refractivity contribution in [1.29, 1.82) is 5.26 Å². The number of rotatable bonds is 4. The quantitative estimate of drug-likeness (QED) is 0.478. The monoisotopic (exact) mass is 492 g/mol. The predicted octanol–water partition coefficient (Wildman–Crippen LogP) is 5.02. The number of hydrogen-bond donors (Lipinski definition) is 1. The van der Waals surface area contributed by atoms with E-state index in [1.54, 1.807) is 36.9 Å². The third-order valence-corrected chi connectivity index (χ3v) is 6.82. The van der Waals surface area contributed by atoms with Crippen LogP contribution in [0.25, 0.3) is 0 Å². The van der Waals surface area contributed by atoms with Crippen molar-refractivity contribution >= 4 is 28.7 Å². The zero-order valence-corrected chi connectivity index (χ0v) is 19.5. The third kappa shape index (κ3) is 4.24. The zero-order valence-electron chi connectivity index (χ0n) is 18.7. The SMILES string of the molecule is CC1(C)C(O)N(c2ccc(C#N)c(C(F)(F)F)c2)C(=S)N1c1ccc(CN2CCCC2)c(F)c1. The summed E-state index contributed by atoms with van der Waals surface area (Å²) in [6.45, 7) is 5.70. The Kier molecular flexibility index (Phi) is 6.31. The van der Waals surface area contributed by atoms with Gasteiger partial charge in [-0.25, -0.2) is 4.39 Å². The van der Waals surface area contributed by atoms with Gasteiger partial charge in [-0.1, -0.05) is 6.07 Å². The molecule has 180 valence electrons. The molecule has 2 fully saturated rings. The lowest BCUT2D eigenvalue weighted by atomic mass is 10.0. The van der Waals surface area contributed by atoms with E-state index in [-0.39, 0.29) is 10.8 Å². The van der Waals surface area contributed by atoms with Gasteiger partial charge in [-0.05, 0) is 82.3 Å². The average Bonchev–Trinajstić information content (AvgIpc) is 3.33. The van der Waals surface area contributed by atoms with Crippen LogP contribution in [0, 0.1) is 17.1 Å². The van der Waals surface area contributed by atoms with Gasteiger partial charge in [-0.15, -0.1) is 0 Å². The van der Waals surface area contributed by atoms with Crippen LogP contribution in [0.15, 0.2) is 36.4 Å². The van der Waals surface area contributed by atoms with Crippen LogP contribution in [0.3, 0.4) is 0 Å². The number of aliphatic hydroxyl groups is 1. The Bertz CT molecular complexity index is 1150. The normalized spacial score (nSPS) is 20.8. The van der Waals surface area contributed by atoms with Crippen LogP contribution < -0.4 is 9.80 Å². The first-order valence-electron chi connectivity index (χ1n) is 10.9. The van der Waals surface area contributed by atoms with E-state index >= 15 is 0 Å². The lowest BCUT2D eigenvalue weighted by Gasteiger charge is -2.33. The van der Waals surface area contributed by atoms with Gasteiger partial charge in [-0.3, -0.25) is 9.80 Å². The van der Waals surface area contributed by atoms with Gasteiger partial charge >= 0.3 is 6.18 Å². The molecular weight excluding hydrogens is 468 g/mol. The number of likely N-dealkylation sites (tertiary alicyclic amines) is 1. The van der Waals surface area contributed by atoms with Gasteiger partial charge in [-0.2, -0.15) is 18.4 Å². The number of alkyl halides is 3. The second-order valence-corrected chi connectivity index (χ2v) is 9.48. The van der Waals surface area contributed by atoms with E-state index in [1.165, 1.54) is 17.0 Å². The lowest BCUT2D eigenvalue weighted by molar-refractivity contribution is -0.137. The molecule has 5 nitrogen and oxygen atoms in total. The van der Waals surface area contributed by atoms with Gasteiger partial charge in [0.15, 0.2) is 11.3 Å². The maximum Gasteiger partial charge on any atom is 0.417 e. The van der Waals surface area contributed by atoms with Gasteiger partial charge in [0.05, 0.1) is 22.7 Å². The number of aliphatic hydroxyl groups excluding tert-OH is 1. The number of anilines is 2. The predicted molar refractivity (Wildman–Crippen MR) is 125 cm³/mol. The van der Waals surface area contributed by atoms with E-state index in [1.807, 2.05) is 0 Å². The molecule has 0 radical (unpaired) electrons. The molecule has 2 saturated heterocycles. The standard InChI is InChI=1S/C24H24F4N4OS/c1-23(2)21(33)31(17-7-5-15(13-29)19(11-17)24(26,27)28)22(34)32(23)18-8-6-16(20(25)12-18)14-30-9-3-4-10-30/h5-8,11-12,21,33H,3-4,9-10,14H2,1-2H3. The summed E-state index contributed by atoms with van der Waals surface area (Å²) in [6, 6.07) is 9.43. The molecule has 0 amide bonds. The highest BCUT2D eigenvalue weighted by atomic mass is 32.1. The number of hydrogen-bond acceptors (Lipinski definition) is 4. The molecule has 0 spiro atoms. The van der Waals surface area contributed by atoms with Crippen LogP contribution in [-0.2, 0) is 12.7 Å². The fraction of sp³-hybridized carbons (Fsp3) is 0.417. The second kappa shape index (κ2) is 8.80. The Morgan fingerprint density at radius 2 is 1.76 bits per heavy atom. The summed E-state index contributed by atoms with van der Waals surface area (Å²) in [7, 11) is 0. The summed E-state index contributed by atoms with van der Waals surface area (Å²) in [5.74, 6) is -0.409. The lowest BCUT2D eigenvalue weighted by Crippen LogP contribution is -2.47. The van der Waals surface area contributed by atoms with E-state index in [4.69, 9.17) is 17.5 Å². The molecule has 0 aromatic heterocycles. The largest absolute Gasteiger partial charge is 0.417 e. The Hall–Kier alpha value is -2.74. The first-order chi connectivity index (χ1) is 15.9. The number of halogens is 4.